The van der Waals surface area contributed by atoms with Crippen molar-refractivity contribution in [2.75, 3.05) is 31.4 Å². The van der Waals surface area contributed by atoms with Gasteiger partial charge in [0.25, 0.3) is 0 Å². The summed E-state index contributed by atoms with van der Waals surface area (Å²) in [5.74, 6) is 1.48. The van der Waals surface area contributed by atoms with Gasteiger partial charge in [-0.05, 0) is 34.0 Å². The molecule has 2 rings (SSSR count). The molecule has 106 valence electrons. The first-order valence-corrected chi connectivity index (χ1v) is 7.07. The van der Waals surface area contributed by atoms with Crippen molar-refractivity contribution in [3.05, 3.63) is 40.6 Å². The zero-order valence-corrected chi connectivity index (χ0v) is 13.1. The molecule has 1 heterocycles. The SMILES string of the molecule is CNc1ncnc(Nc2ccccc2CCOC)c1Br. The number of hydrogen-bond donors (Lipinski definition) is 2. The van der Waals surface area contributed by atoms with E-state index in [0.29, 0.717) is 6.61 Å². The van der Waals surface area contributed by atoms with Gasteiger partial charge in [-0.1, -0.05) is 18.2 Å². The van der Waals surface area contributed by atoms with E-state index in [9.17, 15) is 0 Å². The van der Waals surface area contributed by atoms with Crippen molar-refractivity contribution in [3.63, 3.8) is 0 Å². The van der Waals surface area contributed by atoms with E-state index >= 15 is 0 Å². The molecule has 0 radical (unpaired) electrons. The fourth-order valence-corrected chi connectivity index (χ4v) is 2.33. The van der Waals surface area contributed by atoms with Crippen LogP contribution in [0, 0.1) is 0 Å². The molecule has 0 spiro atoms. The molecule has 2 N–H and O–H groups in total. The maximum Gasteiger partial charge on any atom is 0.150 e. The molecule has 1 aromatic carbocycles. The van der Waals surface area contributed by atoms with E-state index in [0.717, 1.165) is 28.2 Å². The molecule has 0 aliphatic carbocycles. The standard InChI is InChI=1S/C14H17BrN4O/c1-16-13-12(15)14(18-9-17-13)19-11-6-4-3-5-10(11)7-8-20-2/h3-6,9H,7-8H2,1-2H3,(H2,16,17,18,19). The highest BCUT2D eigenvalue weighted by molar-refractivity contribution is 9.10. The first kappa shape index (κ1) is 14.7. The molecule has 0 saturated heterocycles. The molecule has 0 unspecified atom stereocenters. The average molecular weight is 337 g/mol. The molecule has 0 bridgehead atoms. The van der Waals surface area contributed by atoms with Gasteiger partial charge in [0.2, 0.25) is 0 Å². The number of ether oxygens (including phenoxy) is 1. The minimum atomic E-state index is 0.686. The van der Waals surface area contributed by atoms with E-state index in [1.165, 1.54) is 11.9 Å². The maximum atomic E-state index is 5.14. The zero-order chi connectivity index (χ0) is 14.4. The van der Waals surface area contributed by atoms with Gasteiger partial charge in [0.15, 0.2) is 0 Å². The number of halogens is 1. The van der Waals surface area contributed by atoms with Gasteiger partial charge in [-0.3, -0.25) is 0 Å². The van der Waals surface area contributed by atoms with Crippen LogP contribution in [0.4, 0.5) is 17.3 Å². The molecule has 0 aliphatic rings. The van der Waals surface area contributed by atoms with Crippen molar-refractivity contribution in [1.82, 2.24) is 9.97 Å². The van der Waals surface area contributed by atoms with E-state index in [4.69, 9.17) is 4.74 Å². The van der Waals surface area contributed by atoms with Gasteiger partial charge >= 0.3 is 0 Å². The van der Waals surface area contributed by atoms with Gasteiger partial charge in [-0.2, -0.15) is 0 Å². The molecule has 0 aliphatic heterocycles. The predicted octanol–water partition coefficient (Wildman–Crippen LogP) is 3.21. The Bertz CT molecular complexity index is 577. The second-order valence-electron chi connectivity index (χ2n) is 4.16. The van der Waals surface area contributed by atoms with Crippen molar-refractivity contribution in [2.45, 2.75) is 6.42 Å². The minimum Gasteiger partial charge on any atom is -0.384 e. The molecule has 0 fully saturated rings. The molecular weight excluding hydrogens is 320 g/mol. The first-order valence-electron chi connectivity index (χ1n) is 6.28. The number of nitrogens with one attached hydrogen (secondary N) is 2. The molecule has 20 heavy (non-hydrogen) atoms. The van der Waals surface area contributed by atoms with E-state index in [-0.39, 0.29) is 0 Å². The quantitative estimate of drug-likeness (QED) is 0.848. The Morgan fingerprint density at radius 1 is 1.20 bits per heavy atom. The molecule has 6 heteroatoms. The Morgan fingerprint density at radius 3 is 2.70 bits per heavy atom. The predicted molar refractivity (Wildman–Crippen MR) is 84.6 cm³/mol. The number of para-hydroxylation sites is 1. The number of rotatable bonds is 6. The Kier molecular flexibility index (Phi) is 5.31. The second-order valence-corrected chi connectivity index (χ2v) is 4.95. The van der Waals surface area contributed by atoms with E-state index in [1.54, 1.807) is 7.11 Å². The van der Waals surface area contributed by atoms with Gasteiger partial charge in [-0.25, -0.2) is 9.97 Å². The molecule has 0 saturated carbocycles. The highest BCUT2D eigenvalue weighted by Gasteiger charge is 2.09. The lowest BCUT2D eigenvalue weighted by Crippen LogP contribution is -2.03. The third-order valence-corrected chi connectivity index (χ3v) is 3.62. The number of methoxy groups -OCH3 is 1. The van der Waals surface area contributed by atoms with Crippen LogP contribution in [0.25, 0.3) is 0 Å². The number of anilines is 3. The Hall–Kier alpha value is -1.66. The third-order valence-electron chi connectivity index (χ3n) is 2.87. The highest BCUT2D eigenvalue weighted by Crippen LogP contribution is 2.29. The number of hydrogen-bond acceptors (Lipinski definition) is 5. The van der Waals surface area contributed by atoms with Crippen LogP contribution in [0.3, 0.4) is 0 Å². The summed E-state index contributed by atoms with van der Waals surface area (Å²) >= 11 is 3.50. The largest absolute Gasteiger partial charge is 0.384 e. The van der Waals surface area contributed by atoms with Crippen LogP contribution in [0.2, 0.25) is 0 Å². The molecule has 1 aromatic heterocycles. The molecule has 0 amide bonds. The first-order chi connectivity index (χ1) is 9.76. The second kappa shape index (κ2) is 7.21. The fourth-order valence-electron chi connectivity index (χ4n) is 1.83. The minimum absolute atomic E-state index is 0.686. The van der Waals surface area contributed by atoms with Gasteiger partial charge in [0.1, 0.15) is 22.4 Å². The fraction of sp³-hybridized carbons (Fsp3) is 0.286. The van der Waals surface area contributed by atoms with E-state index in [2.05, 4.69) is 42.6 Å². The maximum absolute atomic E-state index is 5.14. The van der Waals surface area contributed by atoms with Crippen LogP contribution >= 0.6 is 15.9 Å². The normalized spacial score (nSPS) is 10.3. The topological polar surface area (TPSA) is 59.1 Å². The van der Waals surface area contributed by atoms with E-state index < -0.39 is 0 Å². The summed E-state index contributed by atoms with van der Waals surface area (Å²) in [5.41, 5.74) is 2.21. The van der Waals surface area contributed by atoms with Crippen LogP contribution in [0.15, 0.2) is 35.1 Å². The van der Waals surface area contributed by atoms with Crippen LogP contribution in [-0.2, 0) is 11.2 Å². The van der Waals surface area contributed by atoms with E-state index in [1.807, 2.05) is 25.2 Å². The summed E-state index contributed by atoms with van der Waals surface area (Å²) in [7, 11) is 3.53. The molecule has 2 aromatic rings. The summed E-state index contributed by atoms with van der Waals surface area (Å²) in [4.78, 5) is 8.41. The Morgan fingerprint density at radius 2 is 1.95 bits per heavy atom. The monoisotopic (exact) mass is 336 g/mol. The molecule has 5 nitrogen and oxygen atoms in total. The molecule has 0 atom stereocenters. The smallest absolute Gasteiger partial charge is 0.150 e. The summed E-state index contributed by atoms with van der Waals surface area (Å²) in [6.07, 6.45) is 2.37. The number of benzene rings is 1. The third kappa shape index (κ3) is 3.46. The summed E-state index contributed by atoms with van der Waals surface area (Å²) in [6.45, 7) is 0.686. The lowest BCUT2D eigenvalue weighted by atomic mass is 10.1. The summed E-state index contributed by atoms with van der Waals surface area (Å²) < 4.78 is 5.95. The van der Waals surface area contributed by atoms with Crippen molar-refractivity contribution >= 4 is 33.3 Å². The van der Waals surface area contributed by atoms with Crippen LogP contribution in [-0.4, -0.2) is 30.7 Å². The number of nitrogens with zero attached hydrogens (tertiary/aromatic N) is 2. The highest BCUT2D eigenvalue weighted by atomic mass is 79.9. The lowest BCUT2D eigenvalue weighted by molar-refractivity contribution is 0.202. The van der Waals surface area contributed by atoms with Crippen LogP contribution in [0.5, 0.6) is 0 Å². The summed E-state index contributed by atoms with van der Waals surface area (Å²) in [5, 5.41) is 6.34. The van der Waals surface area contributed by atoms with Crippen LogP contribution in [0.1, 0.15) is 5.56 Å². The Labute approximate surface area is 126 Å². The van der Waals surface area contributed by atoms with Gasteiger partial charge < -0.3 is 15.4 Å². The summed E-state index contributed by atoms with van der Waals surface area (Å²) in [6, 6.07) is 8.12. The Balaban J connectivity index is 2.26. The van der Waals surface area contributed by atoms with Crippen molar-refractivity contribution in [1.29, 1.82) is 0 Å². The molecular formula is C14H17BrN4O. The zero-order valence-electron chi connectivity index (χ0n) is 11.5. The number of aromatic nitrogens is 2. The van der Waals surface area contributed by atoms with Crippen LogP contribution < -0.4 is 10.6 Å². The van der Waals surface area contributed by atoms with Crippen molar-refractivity contribution in [3.8, 4) is 0 Å². The van der Waals surface area contributed by atoms with Crippen molar-refractivity contribution < 1.29 is 4.74 Å². The van der Waals surface area contributed by atoms with Crippen molar-refractivity contribution in [2.24, 2.45) is 0 Å². The van der Waals surface area contributed by atoms with Gasteiger partial charge in [0, 0.05) is 19.8 Å². The van der Waals surface area contributed by atoms with Gasteiger partial charge in [0.05, 0.1) is 6.61 Å². The lowest BCUT2D eigenvalue weighted by Gasteiger charge is -2.13. The average Bonchev–Trinajstić information content (AvgIpc) is 2.48. The van der Waals surface area contributed by atoms with Gasteiger partial charge in [-0.15, -0.1) is 0 Å².